The van der Waals surface area contributed by atoms with E-state index >= 15 is 0 Å². The minimum atomic E-state index is -0.112. The number of H-pyrrole nitrogens is 1. The fourth-order valence-corrected chi connectivity index (χ4v) is 1.81. The third-order valence-corrected chi connectivity index (χ3v) is 2.92. The van der Waals surface area contributed by atoms with Gasteiger partial charge in [0.25, 0.3) is 5.56 Å². The molecule has 0 saturated carbocycles. The van der Waals surface area contributed by atoms with Gasteiger partial charge in [-0.05, 0) is 5.92 Å². The lowest BCUT2D eigenvalue weighted by molar-refractivity contribution is 0.566. The Morgan fingerprint density at radius 2 is 2.00 bits per heavy atom. The first-order chi connectivity index (χ1) is 7.80. The molecule has 0 amide bonds. The molecule has 0 fully saturated rings. The molecule has 4 heteroatoms. The minimum absolute atomic E-state index is 0.0492. The molecule has 0 aliphatic carbocycles. The van der Waals surface area contributed by atoms with Crippen molar-refractivity contribution in [2.24, 2.45) is 0 Å². The molecule has 0 bridgehead atoms. The maximum Gasteiger partial charge on any atom is 0.272 e. The van der Waals surface area contributed by atoms with Crippen LogP contribution in [0.25, 0.3) is 5.65 Å². The quantitative estimate of drug-likeness (QED) is 0.822. The standard InChI is InChI=1S/C13H19N3O/c1-8(2)9-7-14-16-11(17)6-10(13(3,4)5)15-12(9)16/h6-8,14H,1-5H3. The molecule has 0 spiro atoms. The Kier molecular flexibility index (Phi) is 2.60. The van der Waals surface area contributed by atoms with Crippen LogP contribution in [0.4, 0.5) is 0 Å². The Hall–Kier alpha value is -1.58. The van der Waals surface area contributed by atoms with E-state index in [-0.39, 0.29) is 11.0 Å². The first kappa shape index (κ1) is 11.9. The van der Waals surface area contributed by atoms with Crippen molar-refractivity contribution in [2.45, 2.75) is 46.0 Å². The molecule has 2 heterocycles. The van der Waals surface area contributed by atoms with Gasteiger partial charge in [-0.2, -0.15) is 0 Å². The largest absolute Gasteiger partial charge is 0.297 e. The van der Waals surface area contributed by atoms with Gasteiger partial charge >= 0.3 is 0 Å². The highest BCUT2D eigenvalue weighted by Gasteiger charge is 2.19. The number of aromatic amines is 1. The summed E-state index contributed by atoms with van der Waals surface area (Å²) in [5, 5.41) is 2.96. The van der Waals surface area contributed by atoms with Crippen molar-refractivity contribution >= 4 is 5.65 Å². The van der Waals surface area contributed by atoms with Crippen molar-refractivity contribution in [2.75, 3.05) is 0 Å². The molecule has 4 nitrogen and oxygen atoms in total. The van der Waals surface area contributed by atoms with Crippen LogP contribution in [0.15, 0.2) is 17.1 Å². The number of rotatable bonds is 1. The van der Waals surface area contributed by atoms with Crippen LogP contribution in [-0.2, 0) is 5.41 Å². The van der Waals surface area contributed by atoms with Crippen molar-refractivity contribution in [3.05, 3.63) is 33.9 Å². The van der Waals surface area contributed by atoms with Gasteiger partial charge in [0.05, 0.1) is 5.69 Å². The Labute approximate surface area is 101 Å². The summed E-state index contributed by atoms with van der Waals surface area (Å²) in [6.07, 6.45) is 1.86. The molecule has 0 aliphatic rings. The van der Waals surface area contributed by atoms with Crippen LogP contribution in [0, 0.1) is 0 Å². The lowest BCUT2D eigenvalue weighted by atomic mass is 9.92. The molecular weight excluding hydrogens is 214 g/mol. The van der Waals surface area contributed by atoms with Gasteiger partial charge in [-0.3, -0.25) is 9.89 Å². The molecule has 0 saturated heterocycles. The normalized spacial score (nSPS) is 12.6. The van der Waals surface area contributed by atoms with Gasteiger partial charge in [-0.15, -0.1) is 0 Å². The van der Waals surface area contributed by atoms with Crippen LogP contribution in [0.2, 0.25) is 0 Å². The lowest BCUT2D eigenvalue weighted by Gasteiger charge is -2.17. The molecule has 1 N–H and O–H groups in total. The lowest BCUT2D eigenvalue weighted by Crippen LogP contribution is -2.22. The molecule has 0 atom stereocenters. The van der Waals surface area contributed by atoms with Crippen LogP contribution in [0.1, 0.15) is 51.8 Å². The van der Waals surface area contributed by atoms with Crippen LogP contribution < -0.4 is 5.56 Å². The van der Waals surface area contributed by atoms with Crippen LogP contribution in [0.3, 0.4) is 0 Å². The van der Waals surface area contributed by atoms with Gasteiger partial charge in [-0.25, -0.2) is 9.50 Å². The summed E-state index contributed by atoms with van der Waals surface area (Å²) in [5.41, 5.74) is 2.50. The van der Waals surface area contributed by atoms with Gasteiger partial charge < -0.3 is 0 Å². The van der Waals surface area contributed by atoms with Crippen LogP contribution in [-0.4, -0.2) is 14.6 Å². The van der Waals surface area contributed by atoms with E-state index in [0.29, 0.717) is 5.92 Å². The highest BCUT2D eigenvalue weighted by atomic mass is 16.1. The SMILES string of the molecule is CC(C)c1c[nH]n2c(=O)cc(C(C)(C)C)nc12. The summed E-state index contributed by atoms with van der Waals surface area (Å²) in [6.45, 7) is 10.4. The third kappa shape index (κ3) is 1.99. The van der Waals surface area contributed by atoms with Crippen LogP contribution >= 0.6 is 0 Å². The second-order valence-electron chi connectivity index (χ2n) is 5.77. The number of nitrogens with zero attached hydrogens (tertiary/aromatic N) is 2. The zero-order chi connectivity index (χ0) is 12.8. The highest BCUT2D eigenvalue weighted by Crippen LogP contribution is 2.22. The predicted molar refractivity (Wildman–Crippen MR) is 68.6 cm³/mol. The van der Waals surface area contributed by atoms with Crippen molar-refractivity contribution in [1.29, 1.82) is 0 Å². The van der Waals surface area contributed by atoms with Gasteiger partial charge in [0.2, 0.25) is 0 Å². The minimum Gasteiger partial charge on any atom is -0.297 e. The van der Waals surface area contributed by atoms with E-state index in [1.54, 1.807) is 6.07 Å². The Bertz CT molecular complexity index is 599. The molecule has 92 valence electrons. The molecule has 0 radical (unpaired) electrons. The molecule has 0 unspecified atom stereocenters. The zero-order valence-electron chi connectivity index (χ0n) is 11.0. The van der Waals surface area contributed by atoms with Crippen molar-refractivity contribution in [3.8, 4) is 0 Å². The molecule has 2 aromatic rings. The topological polar surface area (TPSA) is 50.2 Å². The fraction of sp³-hybridized carbons (Fsp3) is 0.538. The second-order valence-corrected chi connectivity index (χ2v) is 5.77. The van der Waals surface area contributed by atoms with Gasteiger partial charge in [0, 0.05) is 23.2 Å². The van der Waals surface area contributed by atoms with E-state index < -0.39 is 0 Å². The molecular formula is C13H19N3O. The molecule has 0 aromatic carbocycles. The summed E-state index contributed by atoms with van der Waals surface area (Å²) in [5.74, 6) is 0.346. The van der Waals surface area contributed by atoms with E-state index in [0.717, 1.165) is 16.9 Å². The monoisotopic (exact) mass is 233 g/mol. The van der Waals surface area contributed by atoms with Crippen molar-refractivity contribution in [1.82, 2.24) is 14.6 Å². The molecule has 2 aromatic heterocycles. The molecule has 0 aliphatic heterocycles. The van der Waals surface area contributed by atoms with Crippen molar-refractivity contribution < 1.29 is 0 Å². The highest BCUT2D eigenvalue weighted by molar-refractivity contribution is 5.48. The Morgan fingerprint density at radius 1 is 1.35 bits per heavy atom. The van der Waals surface area contributed by atoms with Crippen LogP contribution in [0.5, 0.6) is 0 Å². The third-order valence-electron chi connectivity index (χ3n) is 2.92. The van der Waals surface area contributed by atoms with Gasteiger partial charge in [0.1, 0.15) is 0 Å². The summed E-state index contributed by atoms with van der Waals surface area (Å²) < 4.78 is 1.50. The average molecular weight is 233 g/mol. The maximum atomic E-state index is 12.0. The van der Waals surface area contributed by atoms with E-state index in [4.69, 9.17) is 0 Å². The summed E-state index contributed by atoms with van der Waals surface area (Å²) in [4.78, 5) is 16.6. The fourth-order valence-electron chi connectivity index (χ4n) is 1.81. The summed E-state index contributed by atoms with van der Waals surface area (Å²) in [7, 11) is 0. The Morgan fingerprint density at radius 3 is 2.53 bits per heavy atom. The number of nitrogens with one attached hydrogen (secondary N) is 1. The zero-order valence-corrected chi connectivity index (χ0v) is 11.0. The maximum absolute atomic E-state index is 12.0. The average Bonchev–Trinajstić information content (AvgIpc) is 2.60. The van der Waals surface area contributed by atoms with Gasteiger partial charge in [-0.1, -0.05) is 34.6 Å². The van der Waals surface area contributed by atoms with E-state index in [2.05, 4.69) is 44.7 Å². The number of aromatic nitrogens is 3. The number of hydrogen-bond acceptors (Lipinski definition) is 2. The second kappa shape index (κ2) is 3.72. The van der Waals surface area contributed by atoms with E-state index in [9.17, 15) is 4.79 Å². The van der Waals surface area contributed by atoms with Gasteiger partial charge in [0.15, 0.2) is 5.65 Å². The summed E-state index contributed by atoms with van der Waals surface area (Å²) >= 11 is 0. The number of fused-ring (bicyclic) bond motifs is 1. The Balaban J connectivity index is 2.78. The molecule has 17 heavy (non-hydrogen) atoms. The smallest absolute Gasteiger partial charge is 0.272 e. The molecule has 2 rings (SSSR count). The first-order valence-electron chi connectivity index (χ1n) is 5.92. The summed E-state index contributed by atoms with van der Waals surface area (Å²) in [6, 6.07) is 1.60. The van der Waals surface area contributed by atoms with E-state index in [1.807, 2.05) is 6.20 Å². The van der Waals surface area contributed by atoms with Crippen molar-refractivity contribution in [3.63, 3.8) is 0 Å². The van der Waals surface area contributed by atoms with E-state index in [1.165, 1.54) is 4.52 Å². The first-order valence-corrected chi connectivity index (χ1v) is 5.92. The number of hydrogen-bond donors (Lipinski definition) is 1. The predicted octanol–water partition coefficient (Wildman–Crippen LogP) is 2.44.